The van der Waals surface area contributed by atoms with E-state index in [-0.39, 0.29) is 16.1 Å². The van der Waals surface area contributed by atoms with Crippen LogP contribution in [0.15, 0.2) is 0 Å². The van der Waals surface area contributed by atoms with E-state index >= 15 is 0 Å². The van der Waals surface area contributed by atoms with Gasteiger partial charge in [0.05, 0.1) is 0 Å². The molecule has 0 bridgehead atoms. The van der Waals surface area contributed by atoms with Crippen LogP contribution in [0.2, 0.25) is 10.3 Å². The van der Waals surface area contributed by atoms with Crippen molar-refractivity contribution in [2.75, 3.05) is 6.26 Å². The van der Waals surface area contributed by atoms with Crippen LogP contribution in [0.25, 0.3) is 0 Å². The summed E-state index contributed by atoms with van der Waals surface area (Å²) in [7, 11) is -3.24. The van der Waals surface area contributed by atoms with Crippen LogP contribution in [0.3, 0.4) is 0 Å². The van der Waals surface area contributed by atoms with Crippen LogP contribution in [0, 0.1) is 6.92 Å². The number of hydrogen-bond donors (Lipinski definition) is 0. The fraction of sp³-hybridized carbons (Fsp3) is 0.500. The molecule has 1 aromatic heterocycles. The van der Waals surface area contributed by atoms with Crippen molar-refractivity contribution in [3.05, 3.63) is 21.7 Å². The molecule has 0 aliphatic rings. The second-order valence-electron chi connectivity index (χ2n) is 3.26. The molecule has 1 rings (SSSR count). The molecule has 1 aromatic rings. The van der Waals surface area contributed by atoms with E-state index in [4.69, 9.17) is 23.2 Å². The van der Waals surface area contributed by atoms with E-state index in [1.807, 2.05) is 0 Å². The van der Waals surface area contributed by atoms with Crippen LogP contribution in [0.1, 0.15) is 23.6 Å². The van der Waals surface area contributed by atoms with Gasteiger partial charge in [0.2, 0.25) is 0 Å². The molecule has 7 heteroatoms. The summed E-state index contributed by atoms with van der Waals surface area (Å²) in [5, 5.41) is -0.450. The lowest BCUT2D eigenvalue weighted by molar-refractivity contribution is 0.589. The molecule has 0 radical (unpaired) electrons. The number of aromatic nitrogens is 2. The molecule has 0 spiro atoms. The minimum Gasteiger partial charge on any atom is -0.228 e. The second kappa shape index (κ2) is 4.23. The SMILES string of the molecule is Cc1c(Cl)nc(C(C)S(C)(=O)=O)nc1Cl. The lowest BCUT2D eigenvalue weighted by Gasteiger charge is -2.09. The zero-order valence-electron chi connectivity index (χ0n) is 8.45. The van der Waals surface area contributed by atoms with Crippen LogP contribution in [-0.4, -0.2) is 24.6 Å². The Morgan fingerprint density at radius 1 is 1.20 bits per heavy atom. The van der Waals surface area contributed by atoms with E-state index in [9.17, 15) is 8.42 Å². The third-order valence-electron chi connectivity index (χ3n) is 2.05. The molecule has 0 saturated carbocycles. The molecule has 15 heavy (non-hydrogen) atoms. The zero-order valence-corrected chi connectivity index (χ0v) is 10.8. The van der Waals surface area contributed by atoms with Gasteiger partial charge in [-0.15, -0.1) is 0 Å². The first-order chi connectivity index (χ1) is 6.73. The maximum absolute atomic E-state index is 11.3. The Bertz CT molecular complexity index is 464. The summed E-state index contributed by atoms with van der Waals surface area (Å²) in [4.78, 5) is 7.78. The smallest absolute Gasteiger partial charge is 0.157 e. The number of nitrogens with zero attached hydrogens (tertiary/aromatic N) is 2. The van der Waals surface area contributed by atoms with Gasteiger partial charge >= 0.3 is 0 Å². The molecule has 0 amide bonds. The molecule has 4 nitrogen and oxygen atoms in total. The average molecular weight is 269 g/mol. The molecule has 0 aliphatic carbocycles. The minimum atomic E-state index is -3.24. The second-order valence-corrected chi connectivity index (χ2v) is 6.34. The molecule has 0 aromatic carbocycles. The predicted molar refractivity (Wildman–Crippen MR) is 60.0 cm³/mol. The van der Waals surface area contributed by atoms with Gasteiger partial charge in [-0.3, -0.25) is 0 Å². The summed E-state index contributed by atoms with van der Waals surface area (Å²) in [6, 6.07) is 0. The van der Waals surface area contributed by atoms with Crippen molar-refractivity contribution in [1.29, 1.82) is 0 Å². The zero-order chi connectivity index (χ0) is 11.8. The standard InChI is InChI=1S/C8H10Cl2N2O2S/c1-4-6(9)11-8(12-7(4)10)5(2)15(3,13)14/h5H,1-3H3. The van der Waals surface area contributed by atoms with E-state index in [1.165, 1.54) is 6.92 Å². The van der Waals surface area contributed by atoms with E-state index in [1.54, 1.807) is 6.92 Å². The highest BCUT2D eigenvalue weighted by molar-refractivity contribution is 7.90. The Balaban J connectivity index is 3.29. The largest absolute Gasteiger partial charge is 0.228 e. The summed E-state index contributed by atoms with van der Waals surface area (Å²) >= 11 is 11.6. The number of halogens is 2. The van der Waals surface area contributed by atoms with Crippen molar-refractivity contribution in [3.8, 4) is 0 Å². The molecular weight excluding hydrogens is 259 g/mol. The van der Waals surface area contributed by atoms with Crippen molar-refractivity contribution in [3.63, 3.8) is 0 Å². The molecule has 1 heterocycles. The fourth-order valence-corrected chi connectivity index (χ4v) is 1.74. The summed E-state index contributed by atoms with van der Waals surface area (Å²) in [6.45, 7) is 3.16. The highest BCUT2D eigenvalue weighted by Gasteiger charge is 2.22. The molecule has 0 aliphatic heterocycles. The molecule has 84 valence electrons. The van der Waals surface area contributed by atoms with Crippen LogP contribution in [0.5, 0.6) is 0 Å². The molecule has 0 N–H and O–H groups in total. The van der Waals surface area contributed by atoms with Crippen molar-refractivity contribution in [2.24, 2.45) is 0 Å². The first-order valence-electron chi connectivity index (χ1n) is 4.12. The van der Waals surface area contributed by atoms with E-state index < -0.39 is 15.1 Å². The number of rotatable bonds is 2. The predicted octanol–water partition coefficient (Wildman–Crippen LogP) is 2.20. The minimum absolute atomic E-state index is 0.123. The molecular formula is C8H10Cl2N2O2S. The third kappa shape index (κ3) is 2.80. The van der Waals surface area contributed by atoms with Gasteiger partial charge in [0.25, 0.3) is 0 Å². The van der Waals surface area contributed by atoms with Crippen LogP contribution in [0.4, 0.5) is 0 Å². The third-order valence-corrected chi connectivity index (χ3v) is 4.28. The molecule has 1 unspecified atom stereocenters. The van der Waals surface area contributed by atoms with Crippen molar-refractivity contribution in [1.82, 2.24) is 9.97 Å². The first kappa shape index (κ1) is 12.7. The van der Waals surface area contributed by atoms with Gasteiger partial charge in [-0.25, -0.2) is 18.4 Å². The molecule has 0 fully saturated rings. The van der Waals surface area contributed by atoms with Gasteiger partial charge < -0.3 is 0 Å². The van der Waals surface area contributed by atoms with Crippen LogP contribution >= 0.6 is 23.2 Å². The summed E-state index contributed by atoms with van der Waals surface area (Å²) in [5.74, 6) is 0.123. The Hall–Kier alpha value is -0.390. The van der Waals surface area contributed by atoms with Gasteiger partial charge in [0, 0.05) is 11.8 Å². The Morgan fingerprint density at radius 3 is 1.93 bits per heavy atom. The highest BCUT2D eigenvalue weighted by Crippen LogP contribution is 2.24. The molecule has 0 saturated heterocycles. The average Bonchev–Trinajstić information content (AvgIpc) is 2.10. The quantitative estimate of drug-likeness (QED) is 0.772. The first-order valence-corrected chi connectivity index (χ1v) is 6.83. The van der Waals surface area contributed by atoms with Gasteiger partial charge in [-0.2, -0.15) is 0 Å². The van der Waals surface area contributed by atoms with Gasteiger partial charge in [0.15, 0.2) is 9.84 Å². The van der Waals surface area contributed by atoms with Crippen molar-refractivity contribution >= 4 is 33.0 Å². The van der Waals surface area contributed by atoms with Gasteiger partial charge in [-0.1, -0.05) is 23.2 Å². The van der Waals surface area contributed by atoms with Gasteiger partial charge in [-0.05, 0) is 13.8 Å². The maximum Gasteiger partial charge on any atom is 0.157 e. The Morgan fingerprint density at radius 2 is 1.60 bits per heavy atom. The Kier molecular flexibility index (Phi) is 3.58. The van der Waals surface area contributed by atoms with E-state index in [0.717, 1.165) is 6.26 Å². The fourth-order valence-electron chi connectivity index (χ4n) is 0.852. The lowest BCUT2D eigenvalue weighted by atomic mass is 10.3. The van der Waals surface area contributed by atoms with E-state index in [0.29, 0.717) is 5.56 Å². The van der Waals surface area contributed by atoms with Crippen LogP contribution < -0.4 is 0 Å². The normalized spacial score (nSPS) is 13.9. The summed E-state index contributed by atoms with van der Waals surface area (Å²) < 4.78 is 22.5. The number of sulfone groups is 1. The van der Waals surface area contributed by atoms with E-state index in [2.05, 4.69) is 9.97 Å². The molecule has 1 atom stereocenters. The van der Waals surface area contributed by atoms with Crippen molar-refractivity contribution in [2.45, 2.75) is 19.1 Å². The lowest BCUT2D eigenvalue weighted by Crippen LogP contribution is -2.12. The van der Waals surface area contributed by atoms with Crippen molar-refractivity contribution < 1.29 is 8.42 Å². The van der Waals surface area contributed by atoms with Crippen LogP contribution in [-0.2, 0) is 9.84 Å². The topological polar surface area (TPSA) is 59.9 Å². The Labute approximate surface area is 98.6 Å². The highest BCUT2D eigenvalue weighted by atomic mass is 35.5. The number of hydrogen-bond acceptors (Lipinski definition) is 4. The maximum atomic E-state index is 11.3. The summed E-state index contributed by atoms with van der Waals surface area (Å²) in [5.41, 5.74) is 0.544. The van der Waals surface area contributed by atoms with Gasteiger partial charge in [0.1, 0.15) is 21.4 Å². The summed E-state index contributed by atoms with van der Waals surface area (Å²) in [6.07, 6.45) is 1.11. The monoisotopic (exact) mass is 268 g/mol.